The highest BCUT2D eigenvalue weighted by atomic mass is 32.1. The molecule has 0 aliphatic heterocycles. The molecule has 0 spiro atoms. The molecule has 25 heavy (non-hydrogen) atoms. The average molecular weight is 365 g/mol. The number of aromatic nitrogens is 2. The number of rotatable bonds is 6. The first-order chi connectivity index (χ1) is 12.0. The number of fused-ring (bicyclic) bond motifs is 1. The molecule has 2 aromatic heterocycles. The van der Waals surface area contributed by atoms with Gasteiger partial charge in [0.2, 0.25) is 0 Å². The number of amides is 1. The van der Waals surface area contributed by atoms with Gasteiger partial charge in [-0.25, -0.2) is 4.98 Å². The van der Waals surface area contributed by atoms with Crippen LogP contribution in [0.5, 0.6) is 5.75 Å². The molecule has 2 heterocycles. The number of carbonyl (C=O) groups excluding carboxylic acids is 1. The lowest BCUT2D eigenvalue weighted by atomic mass is 10.1. The molecule has 6 nitrogen and oxygen atoms in total. The van der Waals surface area contributed by atoms with Gasteiger partial charge in [-0.2, -0.15) is 8.78 Å². The van der Waals surface area contributed by atoms with Crippen LogP contribution in [-0.4, -0.2) is 28.4 Å². The second-order valence-electron chi connectivity index (χ2n) is 5.06. The smallest absolute Gasteiger partial charge is 0.387 e. The summed E-state index contributed by atoms with van der Waals surface area (Å²) in [5.41, 5.74) is 0.388. The second kappa shape index (κ2) is 7.39. The first-order valence-electron chi connectivity index (χ1n) is 7.31. The molecule has 0 radical (unpaired) electrons. The van der Waals surface area contributed by atoms with Crippen molar-refractivity contribution in [2.45, 2.75) is 13.0 Å². The highest BCUT2D eigenvalue weighted by molar-refractivity contribution is 7.15. The van der Waals surface area contributed by atoms with E-state index in [-0.39, 0.29) is 11.3 Å². The van der Waals surface area contributed by atoms with E-state index < -0.39 is 18.1 Å². The monoisotopic (exact) mass is 365 g/mol. The molecule has 0 fully saturated rings. The minimum Gasteiger partial charge on any atom is -0.435 e. The third-order valence-corrected chi connectivity index (χ3v) is 4.21. The van der Waals surface area contributed by atoms with Crippen LogP contribution in [0.4, 0.5) is 8.78 Å². The van der Waals surface area contributed by atoms with Crippen LogP contribution in [0.3, 0.4) is 0 Å². The van der Waals surface area contributed by atoms with Crippen molar-refractivity contribution in [3.63, 3.8) is 0 Å². The number of nitrogens with one attached hydrogen (secondary N) is 1. The molecule has 130 valence electrons. The van der Waals surface area contributed by atoms with Crippen molar-refractivity contribution in [2.24, 2.45) is 0 Å². The van der Waals surface area contributed by atoms with E-state index in [1.807, 2.05) is 0 Å². The maximum absolute atomic E-state index is 12.2. The lowest BCUT2D eigenvalue weighted by Gasteiger charge is -2.07. The molecule has 0 atom stereocenters. The fourth-order valence-corrected chi connectivity index (χ4v) is 2.91. The zero-order valence-corrected chi connectivity index (χ0v) is 13.6. The van der Waals surface area contributed by atoms with Gasteiger partial charge in [-0.15, -0.1) is 11.3 Å². The fourth-order valence-electron chi connectivity index (χ4n) is 2.23. The van der Waals surface area contributed by atoms with E-state index in [0.29, 0.717) is 17.9 Å². The minimum absolute atomic E-state index is 0.0309. The standard InChI is InChI=1S/C16H13F2N3O3S/c17-15(18)24-11-3-1-10(2-4-11)5-6-19-13(22)12-9-20-16-21(14(12)23)7-8-25-16/h1-4,7-9,15H,5-6H2,(H,19,22). The van der Waals surface area contributed by atoms with Crippen molar-refractivity contribution < 1.29 is 18.3 Å². The van der Waals surface area contributed by atoms with Crippen LogP contribution in [0, 0.1) is 0 Å². The van der Waals surface area contributed by atoms with Crippen molar-refractivity contribution in [1.29, 1.82) is 0 Å². The van der Waals surface area contributed by atoms with Gasteiger partial charge in [-0.3, -0.25) is 14.0 Å². The van der Waals surface area contributed by atoms with Crippen LogP contribution in [0.1, 0.15) is 15.9 Å². The average Bonchev–Trinajstić information content (AvgIpc) is 3.06. The van der Waals surface area contributed by atoms with Crippen LogP contribution in [0.15, 0.2) is 46.8 Å². The fraction of sp³-hybridized carbons (Fsp3) is 0.188. The van der Waals surface area contributed by atoms with Crippen molar-refractivity contribution in [3.05, 3.63) is 63.5 Å². The summed E-state index contributed by atoms with van der Waals surface area (Å²) in [6.07, 6.45) is 3.31. The predicted octanol–water partition coefficient (Wildman–Crippen LogP) is 2.33. The van der Waals surface area contributed by atoms with E-state index >= 15 is 0 Å². The van der Waals surface area contributed by atoms with Crippen LogP contribution in [-0.2, 0) is 6.42 Å². The third-order valence-electron chi connectivity index (χ3n) is 3.44. The van der Waals surface area contributed by atoms with Gasteiger partial charge in [-0.05, 0) is 24.1 Å². The Morgan fingerprint density at radius 1 is 1.32 bits per heavy atom. The number of alkyl halides is 2. The van der Waals surface area contributed by atoms with Crippen molar-refractivity contribution in [3.8, 4) is 5.75 Å². The highest BCUT2D eigenvalue weighted by Gasteiger charge is 2.13. The summed E-state index contributed by atoms with van der Waals surface area (Å²) in [5, 5.41) is 4.37. The number of nitrogens with zero attached hydrogens (tertiary/aromatic N) is 2. The number of carbonyl (C=O) groups is 1. The van der Waals surface area contributed by atoms with E-state index in [4.69, 9.17) is 0 Å². The van der Waals surface area contributed by atoms with E-state index in [9.17, 15) is 18.4 Å². The maximum Gasteiger partial charge on any atom is 0.387 e. The van der Waals surface area contributed by atoms with Gasteiger partial charge in [0, 0.05) is 24.3 Å². The summed E-state index contributed by atoms with van der Waals surface area (Å²) in [4.78, 5) is 28.9. The molecule has 0 saturated heterocycles. The van der Waals surface area contributed by atoms with Crippen molar-refractivity contribution in [1.82, 2.24) is 14.7 Å². The lowest BCUT2D eigenvalue weighted by molar-refractivity contribution is -0.0498. The lowest BCUT2D eigenvalue weighted by Crippen LogP contribution is -2.32. The third kappa shape index (κ3) is 4.00. The number of benzene rings is 1. The molecule has 0 aliphatic carbocycles. The van der Waals surface area contributed by atoms with Gasteiger partial charge in [0.1, 0.15) is 11.3 Å². The van der Waals surface area contributed by atoms with Gasteiger partial charge in [-0.1, -0.05) is 12.1 Å². The Morgan fingerprint density at radius 3 is 2.80 bits per heavy atom. The zero-order chi connectivity index (χ0) is 17.8. The molecule has 1 amide bonds. The second-order valence-corrected chi connectivity index (χ2v) is 5.93. The number of hydrogen-bond donors (Lipinski definition) is 1. The van der Waals surface area contributed by atoms with E-state index in [1.165, 1.54) is 34.1 Å². The summed E-state index contributed by atoms with van der Waals surface area (Å²) in [5.74, 6) is -0.429. The van der Waals surface area contributed by atoms with Gasteiger partial charge < -0.3 is 10.1 Å². The van der Waals surface area contributed by atoms with Gasteiger partial charge in [0.25, 0.3) is 11.5 Å². The van der Waals surface area contributed by atoms with Crippen molar-refractivity contribution in [2.75, 3.05) is 6.54 Å². The van der Waals surface area contributed by atoms with Crippen LogP contribution < -0.4 is 15.6 Å². The summed E-state index contributed by atoms with van der Waals surface area (Å²) in [6, 6.07) is 6.14. The zero-order valence-electron chi connectivity index (χ0n) is 12.8. The summed E-state index contributed by atoms with van der Waals surface area (Å²) >= 11 is 1.30. The Labute approximate surface area is 144 Å². The quantitative estimate of drug-likeness (QED) is 0.728. The Hall–Kier alpha value is -2.81. The van der Waals surface area contributed by atoms with E-state index in [0.717, 1.165) is 5.56 Å². The predicted molar refractivity (Wildman–Crippen MR) is 88.5 cm³/mol. The Morgan fingerprint density at radius 2 is 2.08 bits per heavy atom. The normalized spacial score (nSPS) is 11.0. The molecule has 9 heteroatoms. The maximum atomic E-state index is 12.2. The largest absolute Gasteiger partial charge is 0.435 e. The first kappa shape index (κ1) is 17.0. The van der Waals surface area contributed by atoms with E-state index in [1.54, 1.807) is 23.7 Å². The molecular weight excluding hydrogens is 352 g/mol. The SMILES string of the molecule is O=C(NCCc1ccc(OC(F)F)cc1)c1cnc2sccn2c1=O. The van der Waals surface area contributed by atoms with Crippen molar-refractivity contribution >= 4 is 22.2 Å². The number of halogens is 2. The Kier molecular flexibility index (Phi) is 5.03. The number of hydrogen-bond acceptors (Lipinski definition) is 5. The summed E-state index contributed by atoms with van der Waals surface area (Å²) in [7, 11) is 0. The molecule has 0 aliphatic rings. The molecule has 3 aromatic rings. The minimum atomic E-state index is -2.86. The molecule has 0 bridgehead atoms. The van der Waals surface area contributed by atoms with Crippen LogP contribution in [0.25, 0.3) is 4.96 Å². The van der Waals surface area contributed by atoms with Gasteiger partial charge in [0.05, 0.1) is 0 Å². The summed E-state index contributed by atoms with van der Waals surface area (Å²) in [6.45, 7) is -2.57. The topological polar surface area (TPSA) is 72.7 Å². The summed E-state index contributed by atoms with van der Waals surface area (Å²) < 4.78 is 29.7. The Balaban J connectivity index is 1.58. The van der Waals surface area contributed by atoms with E-state index in [2.05, 4.69) is 15.0 Å². The first-order valence-corrected chi connectivity index (χ1v) is 8.19. The van der Waals surface area contributed by atoms with Gasteiger partial charge in [0.15, 0.2) is 4.96 Å². The highest BCUT2D eigenvalue weighted by Crippen LogP contribution is 2.15. The molecule has 0 unspecified atom stereocenters. The Bertz CT molecular complexity index is 938. The molecule has 3 rings (SSSR count). The number of thiazole rings is 1. The molecular formula is C16H13F2N3O3S. The van der Waals surface area contributed by atoms with Gasteiger partial charge >= 0.3 is 6.61 Å². The molecule has 1 aromatic carbocycles. The molecule has 0 saturated carbocycles. The van der Waals surface area contributed by atoms with Crippen LogP contribution >= 0.6 is 11.3 Å². The van der Waals surface area contributed by atoms with Crippen LogP contribution in [0.2, 0.25) is 0 Å². The molecule has 1 N–H and O–H groups in total. The number of ether oxygens (including phenoxy) is 1.